The van der Waals surface area contributed by atoms with Crippen molar-refractivity contribution in [3.05, 3.63) is 10.6 Å². The van der Waals surface area contributed by atoms with Gasteiger partial charge in [-0.2, -0.15) is 4.89 Å². The minimum atomic E-state index is -1.00. The van der Waals surface area contributed by atoms with Gasteiger partial charge in [0.25, 0.3) is 0 Å². The zero-order valence-electron chi connectivity index (χ0n) is 8.47. The van der Waals surface area contributed by atoms with Crippen molar-refractivity contribution in [1.29, 1.82) is 0 Å². The Balaban J connectivity index is 4.43. The molecule has 0 heterocycles. The molecule has 0 spiro atoms. The SMILES string of the molecule is COOC(=O)/C(N)=C(\C=O)SCCC(=O)O. The summed E-state index contributed by atoms with van der Waals surface area (Å²) >= 11 is 0.862. The Morgan fingerprint density at radius 1 is 1.50 bits per heavy atom. The molecular weight excluding hydrogens is 238 g/mol. The highest BCUT2D eigenvalue weighted by Gasteiger charge is 2.14. The molecule has 0 bridgehead atoms. The number of hydrogen-bond acceptors (Lipinski definition) is 7. The molecule has 0 atom stereocenters. The highest BCUT2D eigenvalue weighted by atomic mass is 32.2. The highest BCUT2D eigenvalue weighted by Crippen LogP contribution is 2.17. The van der Waals surface area contributed by atoms with E-state index in [9.17, 15) is 14.4 Å². The van der Waals surface area contributed by atoms with Crippen molar-refractivity contribution in [3.63, 3.8) is 0 Å². The molecule has 0 aromatic heterocycles. The fourth-order valence-electron chi connectivity index (χ4n) is 0.645. The first kappa shape index (κ1) is 14.5. The second kappa shape index (κ2) is 7.71. The van der Waals surface area contributed by atoms with Gasteiger partial charge in [0.2, 0.25) is 0 Å². The van der Waals surface area contributed by atoms with Crippen LogP contribution in [0.25, 0.3) is 0 Å². The number of allylic oxidation sites excluding steroid dienone is 1. The Hall–Kier alpha value is -1.54. The van der Waals surface area contributed by atoms with Crippen LogP contribution in [-0.4, -0.2) is 36.2 Å². The van der Waals surface area contributed by atoms with Gasteiger partial charge in [0.15, 0.2) is 6.29 Å². The fraction of sp³-hybridized carbons (Fsp3) is 0.375. The molecule has 8 heteroatoms. The first-order chi connectivity index (χ1) is 7.52. The average molecular weight is 249 g/mol. The van der Waals surface area contributed by atoms with Gasteiger partial charge < -0.3 is 10.8 Å². The van der Waals surface area contributed by atoms with Crippen molar-refractivity contribution >= 4 is 30.0 Å². The molecule has 16 heavy (non-hydrogen) atoms. The van der Waals surface area contributed by atoms with Crippen LogP contribution in [0.15, 0.2) is 10.6 Å². The fourth-order valence-corrected chi connectivity index (χ4v) is 1.45. The summed E-state index contributed by atoms with van der Waals surface area (Å²) in [6.07, 6.45) is 0.216. The van der Waals surface area contributed by atoms with E-state index >= 15 is 0 Å². The first-order valence-electron chi connectivity index (χ1n) is 4.07. The number of thioether (sulfide) groups is 1. The number of carbonyl (C=O) groups is 3. The lowest BCUT2D eigenvalue weighted by atomic mass is 10.4. The van der Waals surface area contributed by atoms with E-state index in [1.165, 1.54) is 0 Å². The van der Waals surface area contributed by atoms with E-state index in [0.717, 1.165) is 18.9 Å². The van der Waals surface area contributed by atoms with E-state index in [1.54, 1.807) is 0 Å². The minimum Gasteiger partial charge on any atom is -0.481 e. The molecule has 0 aromatic rings. The van der Waals surface area contributed by atoms with Gasteiger partial charge in [-0.1, -0.05) is 0 Å². The zero-order chi connectivity index (χ0) is 12.6. The number of aliphatic carboxylic acids is 1. The van der Waals surface area contributed by atoms with Crippen molar-refractivity contribution in [1.82, 2.24) is 0 Å². The molecule has 0 radical (unpaired) electrons. The van der Waals surface area contributed by atoms with E-state index in [1.807, 2.05) is 0 Å². The van der Waals surface area contributed by atoms with Gasteiger partial charge in [0.1, 0.15) is 5.70 Å². The Bertz CT molecular complexity index is 314. The second-order valence-corrected chi connectivity index (χ2v) is 3.56. The summed E-state index contributed by atoms with van der Waals surface area (Å²) < 4.78 is 0. The lowest BCUT2D eigenvalue weighted by Crippen LogP contribution is -2.17. The van der Waals surface area contributed by atoms with Crippen LogP contribution in [0.2, 0.25) is 0 Å². The molecule has 90 valence electrons. The number of carbonyl (C=O) groups excluding carboxylic acids is 2. The van der Waals surface area contributed by atoms with Crippen LogP contribution in [0, 0.1) is 0 Å². The van der Waals surface area contributed by atoms with Gasteiger partial charge in [-0.25, -0.2) is 4.79 Å². The van der Waals surface area contributed by atoms with Crippen molar-refractivity contribution < 1.29 is 29.3 Å². The average Bonchev–Trinajstić information content (AvgIpc) is 2.23. The summed E-state index contributed by atoms with van der Waals surface area (Å²) in [5.74, 6) is -1.87. The number of hydrogen-bond donors (Lipinski definition) is 2. The number of carboxylic acids is 1. The molecule has 0 rings (SSSR count). The largest absolute Gasteiger partial charge is 0.481 e. The summed E-state index contributed by atoms with van der Waals surface area (Å²) in [5, 5.41) is 8.37. The number of rotatable bonds is 7. The van der Waals surface area contributed by atoms with Gasteiger partial charge in [-0.3, -0.25) is 14.5 Å². The molecule has 0 saturated heterocycles. The van der Waals surface area contributed by atoms with Gasteiger partial charge in [0.05, 0.1) is 18.4 Å². The summed E-state index contributed by atoms with van der Waals surface area (Å²) in [6.45, 7) is 0. The predicted octanol–water partition coefficient (Wildman–Crippen LogP) is -0.332. The van der Waals surface area contributed by atoms with Crippen molar-refractivity contribution in [3.8, 4) is 0 Å². The summed E-state index contributed by atoms with van der Waals surface area (Å²) in [4.78, 5) is 39.9. The summed E-state index contributed by atoms with van der Waals surface area (Å²) in [7, 11) is 1.11. The molecule has 0 saturated carbocycles. The predicted molar refractivity (Wildman–Crippen MR) is 55.1 cm³/mol. The molecule has 0 aliphatic rings. The Labute approximate surface area is 95.5 Å². The summed E-state index contributed by atoms with van der Waals surface area (Å²) in [6, 6.07) is 0. The second-order valence-electron chi connectivity index (χ2n) is 2.43. The van der Waals surface area contributed by atoms with E-state index in [4.69, 9.17) is 10.8 Å². The lowest BCUT2D eigenvalue weighted by molar-refractivity contribution is -0.250. The molecule has 3 N–H and O–H groups in total. The van der Waals surface area contributed by atoms with Gasteiger partial charge in [-0.05, 0) is 0 Å². The zero-order valence-corrected chi connectivity index (χ0v) is 9.28. The maximum absolute atomic E-state index is 11.0. The Morgan fingerprint density at radius 3 is 2.56 bits per heavy atom. The van der Waals surface area contributed by atoms with Crippen molar-refractivity contribution in [2.45, 2.75) is 6.42 Å². The van der Waals surface area contributed by atoms with Gasteiger partial charge >= 0.3 is 11.9 Å². The van der Waals surface area contributed by atoms with Crippen LogP contribution in [0.4, 0.5) is 0 Å². The Morgan fingerprint density at radius 2 is 2.12 bits per heavy atom. The number of aldehydes is 1. The lowest BCUT2D eigenvalue weighted by Gasteiger charge is -2.03. The third-order valence-corrected chi connectivity index (χ3v) is 2.36. The van der Waals surface area contributed by atoms with Crippen molar-refractivity contribution in [2.75, 3.05) is 12.9 Å². The molecule has 0 unspecified atom stereocenters. The summed E-state index contributed by atoms with van der Waals surface area (Å²) in [5.41, 5.74) is 4.89. The number of nitrogens with two attached hydrogens (primary N) is 1. The van der Waals surface area contributed by atoms with Crippen LogP contribution in [0.3, 0.4) is 0 Å². The standard InChI is InChI=1S/C8H11NO6S/c1-14-15-8(13)7(9)5(4-10)16-3-2-6(11)12/h4H,2-3,9H2,1H3,(H,11,12)/b7-5-. The van der Waals surface area contributed by atoms with Gasteiger partial charge in [-0.15, -0.1) is 11.8 Å². The number of carboxylic acid groups (broad SMARTS) is 1. The quantitative estimate of drug-likeness (QED) is 0.272. The molecule has 0 fully saturated rings. The third kappa shape index (κ3) is 5.37. The van der Waals surface area contributed by atoms with E-state index in [-0.39, 0.29) is 17.1 Å². The highest BCUT2D eigenvalue weighted by molar-refractivity contribution is 8.03. The van der Waals surface area contributed by atoms with Crippen LogP contribution in [0.5, 0.6) is 0 Å². The topological polar surface area (TPSA) is 116 Å². The minimum absolute atomic E-state index is 0.0803. The van der Waals surface area contributed by atoms with Crippen LogP contribution in [0.1, 0.15) is 6.42 Å². The monoisotopic (exact) mass is 249 g/mol. The van der Waals surface area contributed by atoms with Crippen LogP contribution < -0.4 is 5.73 Å². The smallest absolute Gasteiger partial charge is 0.389 e. The molecule has 0 aromatic carbocycles. The van der Waals surface area contributed by atoms with Crippen LogP contribution in [-0.2, 0) is 24.2 Å². The van der Waals surface area contributed by atoms with Gasteiger partial charge in [0, 0.05) is 5.75 Å². The Kier molecular flexibility index (Phi) is 6.97. The van der Waals surface area contributed by atoms with E-state index in [2.05, 4.69) is 9.78 Å². The molecule has 7 nitrogen and oxygen atoms in total. The molecular formula is C8H11NO6S. The maximum Gasteiger partial charge on any atom is 0.389 e. The van der Waals surface area contributed by atoms with Crippen LogP contribution >= 0.6 is 11.8 Å². The normalized spacial score (nSPS) is 11.6. The molecule has 0 amide bonds. The maximum atomic E-state index is 11.0. The van der Waals surface area contributed by atoms with E-state index in [0.29, 0.717) is 6.29 Å². The first-order valence-corrected chi connectivity index (χ1v) is 5.06. The van der Waals surface area contributed by atoms with Crippen molar-refractivity contribution in [2.24, 2.45) is 5.73 Å². The molecule has 0 aliphatic heterocycles. The molecule has 0 aliphatic carbocycles. The third-order valence-electron chi connectivity index (χ3n) is 1.32. The van der Waals surface area contributed by atoms with E-state index < -0.39 is 17.6 Å².